The number of carbonyl (C=O) groups is 1. The lowest BCUT2D eigenvalue weighted by Gasteiger charge is -2.23. The molecule has 132 valence electrons. The fraction of sp³-hybridized carbons (Fsp3) is 0.158. The van der Waals surface area contributed by atoms with Crippen LogP contribution < -0.4 is 5.32 Å². The minimum absolute atomic E-state index is 0.132. The summed E-state index contributed by atoms with van der Waals surface area (Å²) in [6.07, 6.45) is 1.25. The third-order valence-electron chi connectivity index (χ3n) is 4.05. The molecule has 0 fully saturated rings. The van der Waals surface area contributed by atoms with Gasteiger partial charge < -0.3 is 15.0 Å². The van der Waals surface area contributed by atoms with Crippen molar-refractivity contribution in [1.82, 2.24) is 4.57 Å². The molecule has 3 aromatic rings. The van der Waals surface area contributed by atoms with E-state index in [1.807, 2.05) is 6.07 Å². The first kappa shape index (κ1) is 17.9. The average Bonchev–Trinajstić information content (AvgIpc) is 2.91. The number of rotatable bonds is 4. The van der Waals surface area contributed by atoms with Crippen LogP contribution >= 0.6 is 11.6 Å². The van der Waals surface area contributed by atoms with Crippen LogP contribution in [0.25, 0.3) is 10.9 Å². The minimum atomic E-state index is -1.80. The molecule has 1 atom stereocenters. The van der Waals surface area contributed by atoms with E-state index < -0.39 is 17.3 Å². The molecular formula is C19H15ClFN3O2. The summed E-state index contributed by atoms with van der Waals surface area (Å²) in [7, 11) is 0. The van der Waals surface area contributed by atoms with Gasteiger partial charge in [0.1, 0.15) is 11.9 Å². The molecule has 0 bridgehead atoms. The second-order valence-corrected chi connectivity index (χ2v) is 6.56. The van der Waals surface area contributed by atoms with Gasteiger partial charge in [0.05, 0.1) is 22.6 Å². The second-order valence-electron chi connectivity index (χ2n) is 6.16. The summed E-state index contributed by atoms with van der Waals surface area (Å²) >= 11 is 5.94. The van der Waals surface area contributed by atoms with Gasteiger partial charge >= 0.3 is 0 Å². The van der Waals surface area contributed by atoms with E-state index in [2.05, 4.69) is 5.32 Å². The monoisotopic (exact) mass is 371 g/mol. The van der Waals surface area contributed by atoms with Crippen molar-refractivity contribution in [1.29, 1.82) is 5.26 Å². The van der Waals surface area contributed by atoms with Crippen LogP contribution in [0.1, 0.15) is 12.5 Å². The van der Waals surface area contributed by atoms with Crippen LogP contribution in [0.3, 0.4) is 0 Å². The summed E-state index contributed by atoms with van der Waals surface area (Å²) in [5, 5.41) is 22.7. The summed E-state index contributed by atoms with van der Waals surface area (Å²) in [4.78, 5) is 12.5. The third-order valence-corrected chi connectivity index (χ3v) is 4.37. The van der Waals surface area contributed by atoms with Gasteiger partial charge in [-0.1, -0.05) is 23.7 Å². The number of hydrogen-bond donors (Lipinski definition) is 2. The average molecular weight is 372 g/mol. The van der Waals surface area contributed by atoms with Gasteiger partial charge in [0.15, 0.2) is 5.60 Å². The predicted molar refractivity (Wildman–Crippen MR) is 97.3 cm³/mol. The van der Waals surface area contributed by atoms with Gasteiger partial charge in [0.25, 0.3) is 5.91 Å². The number of amides is 1. The van der Waals surface area contributed by atoms with Crippen LogP contribution in [0.5, 0.6) is 0 Å². The largest absolute Gasteiger partial charge is 0.378 e. The molecule has 1 heterocycles. The number of fused-ring (bicyclic) bond motifs is 1. The van der Waals surface area contributed by atoms with E-state index in [1.54, 1.807) is 24.3 Å². The van der Waals surface area contributed by atoms with Crippen molar-refractivity contribution in [3.63, 3.8) is 0 Å². The molecule has 2 N–H and O–H groups in total. The van der Waals surface area contributed by atoms with Crippen molar-refractivity contribution >= 4 is 34.1 Å². The standard InChI is InChI=1S/C19H15ClFN3O2/c1-19(26,11-24-10-16(21)14-4-2-3-5-17(14)24)18(25)23-13-7-6-12(9-22)15(20)8-13/h2-8,10,26H,11H2,1H3,(H,23,25). The van der Waals surface area contributed by atoms with Crippen LogP contribution in [0, 0.1) is 17.1 Å². The van der Waals surface area contributed by atoms with Crippen LogP contribution in [0.4, 0.5) is 10.1 Å². The number of halogens is 2. The van der Waals surface area contributed by atoms with E-state index >= 15 is 0 Å². The number of anilines is 1. The molecule has 3 rings (SSSR count). The Bertz CT molecular complexity index is 1040. The Morgan fingerprint density at radius 1 is 1.38 bits per heavy atom. The number of hydrogen-bond acceptors (Lipinski definition) is 3. The number of aliphatic hydroxyl groups is 1. The zero-order chi connectivity index (χ0) is 18.9. The summed E-state index contributed by atoms with van der Waals surface area (Å²) in [6, 6.07) is 13.2. The van der Waals surface area contributed by atoms with Crippen LogP contribution in [-0.2, 0) is 11.3 Å². The quantitative estimate of drug-likeness (QED) is 0.734. The normalized spacial score (nSPS) is 13.2. The Morgan fingerprint density at radius 2 is 2.12 bits per heavy atom. The molecule has 2 aromatic carbocycles. The fourth-order valence-corrected chi connectivity index (χ4v) is 2.91. The van der Waals surface area contributed by atoms with Crippen LogP contribution in [0.15, 0.2) is 48.7 Å². The molecule has 0 aliphatic carbocycles. The van der Waals surface area contributed by atoms with E-state index in [-0.39, 0.29) is 17.1 Å². The molecule has 7 heteroatoms. The van der Waals surface area contributed by atoms with Crippen LogP contribution in [-0.4, -0.2) is 21.2 Å². The Balaban J connectivity index is 1.82. The highest BCUT2D eigenvalue weighted by atomic mass is 35.5. The van der Waals surface area contributed by atoms with Gasteiger partial charge in [-0.15, -0.1) is 0 Å². The number of aromatic nitrogens is 1. The molecule has 0 radical (unpaired) electrons. The van der Waals surface area contributed by atoms with Gasteiger partial charge in [-0.3, -0.25) is 4.79 Å². The first-order valence-corrected chi connectivity index (χ1v) is 8.16. The van der Waals surface area contributed by atoms with E-state index in [0.717, 1.165) is 0 Å². The van der Waals surface area contributed by atoms with Gasteiger partial charge in [-0.25, -0.2) is 4.39 Å². The lowest BCUT2D eigenvalue weighted by Crippen LogP contribution is -2.43. The van der Waals surface area contributed by atoms with Crippen molar-refractivity contribution in [2.24, 2.45) is 0 Å². The molecule has 0 saturated heterocycles. The Morgan fingerprint density at radius 3 is 2.81 bits per heavy atom. The lowest BCUT2D eigenvalue weighted by molar-refractivity contribution is -0.133. The SMILES string of the molecule is CC(O)(Cn1cc(F)c2ccccc21)C(=O)Nc1ccc(C#N)c(Cl)c1. The Kier molecular flexibility index (Phi) is 4.68. The van der Waals surface area contributed by atoms with Crippen molar-refractivity contribution in [2.75, 3.05) is 5.32 Å². The molecule has 1 aromatic heterocycles. The molecule has 26 heavy (non-hydrogen) atoms. The highest BCUT2D eigenvalue weighted by Gasteiger charge is 2.31. The maximum Gasteiger partial charge on any atom is 0.257 e. The predicted octanol–water partition coefficient (Wildman–Crippen LogP) is 3.70. The maximum absolute atomic E-state index is 14.0. The molecule has 1 amide bonds. The molecule has 0 aliphatic rings. The van der Waals surface area contributed by atoms with Crippen molar-refractivity contribution in [2.45, 2.75) is 19.1 Å². The zero-order valence-electron chi connectivity index (χ0n) is 13.8. The number of nitrogens with zero attached hydrogens (tertiary/aromatic N) is 2. The van der Waals surface area contributed by atoms with E-state index in [4.69, 9.17) is 16.9 Å². The first-order valence-electron chi connectivity index (χ1n) is 7.78. The molecule has 1 unspecified atom stereocenters. The highest BCUT2D eigenvalue weighted by molar-refractivity contribution is 6.32. The van der Waals surface area contributed by atoms with Crippen molar-refractivity contribution in [3.8, 4) is 6.07 Å². The smallest absolute Gasteiger partial charge is 0.257 e. The minimum Gasteiger partial charge on any atom is -0.378 e. The molecule has 5 nitrogen and oxygen atoms in total. The van der Waals surface area contributed by atoms with Crippen molar-refractivity contribution < 1.29 is 14.3 Å². The summed E-state index contributed by atoms with van der Waals surface area (Å²) in [6.45, 7) is 1.22. The summed E-state index contributed by atoms with van der Waals surface area (Å²) < 4.78 is 15.5. The van der Waals surface area contributed by atoms with E-state index in [0.29, 0.717) is 16.6 Å². The van der Waals surface area contributed by atoms with Crippen LogP contribution in [0.2, 0.25) is 5.02 Å². The highest BCUT2D eigenvalue weighted by Crippen LogP contribution is 2.24. The fourth-order valence-electron chi connectivity index (χ4n) is 2.69. The number of nitriles is 1. The number of nitrogens with one attached hydrogen (secondary N) is 1. The first-order chi connectivity index (χ1) is 12.3. The molecule has 0 saturated carbocycles. The maximum atomic E-state index is 14.0. The second kappa shape index (κ2) is 6.79. The van der Waals surface area contributed by atoms with Gasteiger partial charge in [0, 0.05) is 17.3 Å². The summed E-state index contributed by atoms with van der Waals surface area (Å²) in [5.41, 5.74) is -0.581. The Labute approximate surface area is 154 Å². The van der Waals surface area contributed by atoms with Gasteiger partial charge in [-0.05, 0) is 37.3 Å². The van der Waals surface area contributed by atoms with E-state index in [9.17, 15) is 14.3 Å². The summed E-state index contributed by atoms with van der Waals surface area (Å²) in [5.74, 6) is -1.09. The van der Waals surface area contributed by atoms with Crippen molar-refractivity contribution in [3.05, 3.63) is 65.1 Å². The van der Waals surface area contributed by atoms with Gasteiger partial charge in [-0.2, -0.15) is 5.26 Å². The Hall–Kier alpha value is -2.88. The van der Waals surface area contributed by atoms with Gasteiger partial charge in [0.2, 0.25) is 0 Å². The molecule has 0 spiro atoms. The van der Waals surface area contributed by atoms with E-state index in [1.165, 1.54) is 35.9 Å². The zero-order valence-corrected chi connectivity index (χ0v) is 14.6. The molecular weight excluding hydrogens is 357 g/mol. The number of benzene rings is 2. The molecule has 0 aliphatic heterocycles. The topological polar surface area (TPSA) is 78.1 Å². The number of para-hydroxylation sites is 1. The lowest BCUT2D eigenvalue weighted by atomic mass is 10.1. The third kappa shape index (κ3) is 3.40. The number of carbonyl (C=O) groups excluding carboxylic acids is 1.